The Morgan fingerprint density at radius 2 is 1.40 bits per heavy atom. The van der Waals surface area contributed by atoms with Crippen LogP contribution in [-0.4, -0.2) is 18.9 Å². The van der Waals surface area contributed by atoms with Crippen molar-refractivity contribution in [3.8, 4) is 5.75 Å². The van der Waals surface area contributed by atoms with Crippen molar-refractivity contribution in [3.05, 3.63) is 95.1 Å². The molecule has 4 aliphatic rings. The summed E-state index contributed by atoms with van der Waals surface area (Å²) in [5.41, 5.74) is 4.41. The van der Waals surface area contributed by atoms with Gasteiger partial charge in [0.1, 0.15) is 10.6 Å². The van der Waals surface area contributed by atoms with E-state index in [0.29, 0.717) is 11.4 Å². The summed E-state index contributed by atoms with van der Waals surface area (Å²) in [5, 5.41) is 0. The summed E-state index contributed by atoms with van der Waals surface area (Å²) in [6, 6.07) is 23.0. The SMILES string of the molecule is COc1ccccc1N1C(=O)[C@@H]2C3c4ccccc4C(Cl)(c4ccccc43)[C@H]2C1=O. The number of benzene rings is 3. The molecule has 7 rings (SSSR count). The Kier molecular flexibility index (Phi) is 3.52. The summed E-state index contributed by atoms with van der Waals surface area (Å²) < 4.78 is 5.45. The van der Waals surface area contributed by atoms with Crippen molar-refractivity contribution in [2.24, 2.45) is 11.8 Å². The van der Waals surface area contributed by atoms with E-state index in [2.05, 4.69) is 0 Å². The molecule has 30 heavy (non-hydrogen) atoms. The summed E-state index contributed by atoms with van der Waals surface area (Å²) in [6.45, 7) is 0. The van der Waals surface area contributed by atoms with Gasteiger partial charge in [0, 0.05) is 5.92 Å². The van der Waals surface area contributed by atoms with E-state index >= 15 is 0 Å². The van der Waals surface area contributed by atoms with Crippen molar-refractivity contribution in [1.29, 1.82) is 0 Å². The first-order valence-electron chi connectivity index (χ1n) is 9.97. The van der Waals surface area contributed by atoms with E-state index in [0.717, 1.165) is 22.3 Å². The van der Waals surface area contributed by atoms with Gasteiger partial charge in [0.2, 0.25) is 11.8 Å². The first-order chi connectivity index (χ1) is 14.6. The summed E-state index contributed by atoms with van der Waals surface area (Å²) in [7, 11) is 1.54. The number of hydrogen-bond donors (Lipinski definition) is 0. The van der Waals surface area contributed by atoms with Crippen LogP contribution in [0, 0.1) is 11.8 Å². The number of carbonyl (C=O) groups excluding carboxylic acids is 2. The molecular weight excluding hydrogens is 398 g/mol. The molecule has 3 aromatic carbocycles. The van der Waals surface area contributed by atoms with Crippen LogP contribution in [0.3, 0.4) is 0 Å². The van der Waals surface area contributed by atoms with Gasteiger partial charge in [-0.05, 0) is 34.4 Å². The van der Waals surface area contributed by atoms with Crippen LogP contribution in [0.1, 0.15) is 28.2 Å². The molecule has 0 N–H and O–H groups in total. The zero-order valence-corrected chi connectivity index (χ0v) is 17.0. The highest BCUT2D eigenvalue weighted by molar-refractivity contribution is 6.33. The van der Waals surface area contributed by atoms with Crippen molar-refractivity contribution in [3.63, 3.8) is 0 Å². The molecule has 1 fully saturated rings. The molecule has 1 heterocycles. The van der Waals surface area contributed by atoms with E-state index in [1.54, 1.807) is 18.2 Å². The minimum absolute atomic E-state index is 0.195. The normalized spacial score (nSPS) is 28.2. The van der Waals surface area contributed by atoms with Crippen molar-refractivity contribution >= 4 is 29.1 Å². The van der Waals surface area contributed by atoms with E-state index in [1.165, 1.54) is 12.0 Å². The number of carbonyl (C=O) groups is 2. The Hall–Kier alpha value is -3.11. The second kappa shape index (κ2) is 5.96. The number of alkyl halides is 1. The molecule has 2 bridgehead atoms. The largest absolute Gasteiger partial charge is 0.495 e. The van der Waals surface area contributed by atoms with Crippen LogP contribution in [0.2, 0.25) is 0 Å². The fourth-order valence-corrected chi connectivity index (χ4v) is 6.30. The van der Waals surface area contributed by atoms with Gasteiger partial charge in [0.25, 0.3) is 0 Å². The van der Waals surface area contributed by atoms with Gasteiger partial charge in [-0.3, -0.25) is 9.59 Å². The molecule has 0 aromatic heterocycles. The fourth-order valence-electron chi connectivity index (χ4n) is 5.73. The number of methoxy groups -OCH3 is 1. The Balaban J connectivity index is 1.62. The standard InChI is InChI=1S/C25H18ClNO3/c1-30-19-13-7-6-12-18(19)27-23(28)21-20-14-8-2-4-10-16(14)25(26,22(21)24(27)29)17-11-5-3-9-15(17)20/h2-13,20-22H,1H3/t20?,21-,22-,25?/m1/s1. The quantitative estimate of drug-likeness (QED) is 0.459. The Morgan fingerprint density at radius 3 is 2.03 bits per heavy atom. The highest BCUT2D eigenvalue weighted by Crippen LogP contribution is 2.66. The molecular formula is C25H18ClNO3. The van der Waals surface area contributed by atoms with E-state index in [9.17, 15) is 9.59 Å². The number of ether oxygens (including phenoxy) is 1. The number of hydrogen-bond acceptors (Lipinski definition) is 3. The lowest BCUT2D eigenvalue weighted by Gasteiger charge is -2.50. The number of nitrogens with zero attached hydrogens (tertiary/aromatic N) is 1. The minimum Gasteiger partial charge on any atom is -0.495 e. The third-order valence-electron chi connectivity index (χ3n) is 6.84. The van der Waals surface area contributed by atoms with Gasteiger partial charge in [-0.15, -0.1) is 11.6 Å². The summed E-state index contributed by atoms with van der Waals surface area (Å²) >= 11 is 7.42. The van der Waals surface area contributed by atoms with E-state index in [-0.39, 0.29) is 17.7 Å². The van der Waals surface area contributed by atoms with Gasteiger partial charge in [-0.1, -0.05) is 60.7 Å². The average molecular weight is 416 g/mol. The fraction of sp³-hybridized carbons (Fsp3) is 0.200. The molecule has 0 unspecified atom stereocenters. The minimum atomic E-state index is -1.07. The molecule has 3 aromatic rings. The molecule has 2 amide bonds. The smallest absolute Gasteiger partial charge is 0.240 e. The van der Waals surface area contributed by atoms with Crippen molar-refractivity contribution in [2.75, 3.05) is 12.0 Å². The Morgan fingerprint density at radius 1 is 0.833 bits per heavy atom. The third-order valence-corrected chi connectivity index (χ3v) is 7.48. The van der Waals surface area contributed by atoms with Gasteiger partial charge < -0.3 is 4.74 Å². The monoisotopic (exact) mass is 415 g/mol. The van der Waals surface area contributed by atoms with Gasteiger partial charge in [0.15, 0.2) is 0 Å². The van der Waals surface area contributed by atoms with Gasteiger partial charge in [0.05, 0.1) is 24.6 Å². The highest BCUT2D eigenvalue weighted by atomic mass is 35.5. The maximum Gasteiger partial charge on any atom is 0.240 e. The van der Waals surface area contributed by atoms with Crippen LogP contribution in [0.5, 0.6) is 5.75 Å². The maximum atomic E-state index is 13.8. The molecule has 3 aliphatic carbocycles. The molecule has 1 aliphatic heterocycles. The molecule has 0 radical (unpaired) electrons. The first kappa shape index (κ1) is 17.7. The second-order valence-corrected chi connectivity index (χ2v) is 8.65. The van der Waals surface area contributed by atoms with Crippen LogP contribution in [-0.2, 0) is 14.5 Å². The predicted octanol–water partition coefficient (Wildman–Crippen LogP) is 4.44. The van der Waals surface area contributed by atoms with Crippen molar-refractivity contribution in [1.82, 2.24) is 0 Å². The number of rotatable bonds is 2. The topological polar surface area (TPSA) is 46.6 Å². The molecule has 148 valence electrons. The van der Waals surface area contributed by atoms with E-state index in [4.69, 9.17) is 16.3 Å². The van der Waals surface area contributed by atoms with Gasteiger partial charge in [-0.2, -0.15) is 0 Å². The maximum absolute atomic E-state index is 13.8. The Bertz CT molecular complexity index is 1190. The first-order valence-corrected chi connectivity index (χ1v) is 10.4. The number of imide groups is 1. The summed E-state index contributed by atoms with van der Waals surface area (Å²) in [5.74, 6) is -1.38. The van der Waals surface area contributed by atoms with Crippen molar-refractivity contribution in [2.45, 2.75) is 10.8 Å². The summed E-state index contributed by atoms with van der Waals surface area (Å²) in [4.78, 5) is 27.8. The van der Waals surface area contributed by atoms with Crippen LogP contribution in [0.4, 0.5) is 5.69 Å². The number of para-hydroxylation sites is 2. The highest BCUT2D eigenvalue weighted by Gasteiger charge is 2.68. The predicted molar refractivity (Wildman–Crippen MR) is 114 cm³/mol. The molecule has 2 atom stereocenters. The zero-order chi connectivity index (χ0) is 20.6. The van der Waals surface area contributed by atoms with Crippen LogP contribution >= 0.6 is 11.6 Å². The van der Waals surface area contributed by atoms with Crippen LogP contribution < -0.4 is 9.64 Å². The lowest BCUT2D eigenvalue weighted by Crippen LogP contribution is -2.50. The number of halogens is 1. The van der Waals surface area contributed by atoms with E-state index < -0.39 is 16.7 Å². The number of anilines is 1. The Labute approximate surface area is 179 Å². The van der Waals surface area contributed by atoms with Gasteiger partial charge >= 0.3 is 0 Å². The molecule has 4 nitrogen and oxygen atoms in total. The third kappa shape index (κ3) is 1.93. The van der Waals surface area contributed by atoms with Gasteiger partial charge in [-0.25, -0.2) is 4.90 Å². The summed E-state index contributed by atoms with van der Waals surface area (Å²) in [6.07, 6.45) is 0. The number of amides is 2. The van der Waals surface area contributed by atoms with E-state index in [1.807, 2.05) is 54.6 Å². The average Bonchev–Trinajstić information content (AvgIpc) is 3.05. The van der Waals surface area contributed by atoms with Crippen molar-refractivity contribution < 1.29 is 14.3 Å². The molecule has 1 saturated heterocycles. The lowest BCUT2D eigenvalue weighted by atomic mass is 9.54. The van der Waals surface area contributed by atoms with Crippen LogP contribution in [0.15, 0.2) is 72.8 Å². The molecule has 5 heteroatoms. The molecule has 0 saturated carbocycles. The zero-order valence-electron chi connectivity index (χ0n) is 16.2. The van der Waals surface area contributed by atoms with Crippen LogP contribution in [0.25, 0.3) is 0 Å². The lowest BCUT2D eigenvalue weighted by molar-refractivity contribution is -0.122. The second-order valence-electron chi connectivity index (χ2n) is 8.05. The molecule has 0 spiro atoms.